The number of amides is 1. The van der Waals surface area contributed by atoms with Crippen LogP contribution in [0.3, 0.4) is 0 Å². The van der Waals surface area contributed by atoms with E-state index in [0.29, 0.717) is 25.5 Å². The second-order valence-corrected chi connectivity index (χ2v) is 8.51. The van der Waals surface area contributed by atoms with Crippen molar-refractivity contribution in [2.24, 2.45) is 0 Å². The first-order valence-electron chi connectivity index (χ1n) is 7.11. The number of aromatic hydroxyl groups is 1. The zero-order chi connectivity index (χ0) is 19.0. The average Bonchev–Trinajstić information content (AvgIpc) is 2.87. The molecular formula is C17H10BrCl2NO3S2. The fourth-order valence-corrected chi connectivity index (χ4v) is 4.24. The van der Waals surface area contributed by atoms with E-state index in [0.717, 1.165) is 4.47 Å². The van der Waals surface area contributed by atoms with E-state index in [4.69, 9.17) is 40.2 Å². The number of phenols is 1. The van der Waals surface area contributed by atoms with E-state index in [1.54, 1.807) is 36.4 Å². The van der Waals surface area contributed by atoms with Crippen molar-refractivity contribution in [3.63, 3.8) is 0 Å². The molecule has 134 valence electrons. The van der Waals surface area contributed by atoms with Crippen LogP contribution in [0.25, 0.3) is 6.08 Å². The first-order chi connectivity index (χ1) is 12.3. The average molecular weight is 491 g/mol. The van der Waals surface area contributed by atoms with Crippen molar-refractivity contribution >= 4 is 85.1 Å². The molecule has 0 atom stereocenters. The Balaban J connectivity index is 1.97. The lowest BCUT2D eigenvalue weighted by Gasteiger charge is -2.15. The zero-order valence-electron chi connectivity index (χ0n) is 13.1. The van der Waals surface area contributed by atoms with Gasteiger partial charge in [-0.15, -0.1) is 0 Å². The maximum Gasteiger partial charge on any atom is 0.270 e. The number of halogens is 3. The third-order valence-electron chi connectivity index (χ3n) is 3.52. The van der Waals surface area contributed by atoms with Gasteiger partial charge in [0.25, 0.3) is 5.91 Å². The molecule has 26 heavy (non-hydrogen) atoms. The van der Waals surface area contributed by atoms with E-state index in [1.807, 2.05) is 0 Å². The van der Waals surface area contributed by atoms with Crippen LogP contribution in [0.4, 0.5) is 5.69 Å². The molecule has 2 aromatic rings. The van der Waals surface area contributed by atoms with Gasteiger partial charge in [0, 0.05) is 4.47 Å². The van der Waals surface area contributed by atoms with Gasteiger partial charge in [-0.3, -0.25) is 9.69 Å². The zero-order valence-corrected chi connectivity index (χ0v) is 17.9. The summed E-state index contributed by atoms with van der Waals surface area (Å²) in [5.41, 5.74) is 1.20. The van der Waals surface area contributed by atoms with E-state index < -0.39 is 0 Å². The van der Waals surface area contributed by atoms with E-state index in [-0.39, 0.29) is 22.4 Å². The van der Waals surface area contributed by atoms with Crippen LogP contribution in [0.5, 0.6) is 11.5 Å². The Kier molecular flexibility index (Phi) is 5.84. The molecule has 1 amide bonds. The number of methoxy groups -OCH3 is 1. The van der Waals surface area contributed by atoms with Crippen molar-refractivity contribution in [2.45, 2.75) is 0 Å². The summed E-state index contributed by atoms with van der Waals surface area (Å²) in [6, 6.07) is 8.31. The normalized spacial score (nSPS) is 15.8. The van der Waals surface area contributed by atoms with Crippen molar-refractivity contribution in [3.8, 4) is 11.5 Å². The highest BCUT2D eigenvalue weighted by Crippen LogP contribution is 2.40. The number of hydrogen-bond donors (Lipinski definition) is 1. The summed E-state index contributed by atoms with van der Waals surface area (Å²) in [5.74, 6) is -0.191. The molecule has 4 nitrogen and oxygen atoms in total. The third kappa shape index (κ3) is 3.73. The number of nitrogens with zero attached hydrogens (tertiary/aromatic N) is 1. The number of hydrogen-bond acceptors (Lipinski definition) is 5. The molecule has 9 heteroatoms. The molecule has 0 saturated carbocycles. The largest absolute Gasteiger partial charge is 0.503 e. The molecule has 1 N–H and O–H groups in total. The molecule has 1 fully saturated rings. The number of ether oxygens (including phenoxy) is 1. The highest BCUT2D eigenvalue weighted by atomic mass is 79.9. The number of anilines is 1. The molecule has 0 aliphatic carbocycles. The molecule has 1 aliphatic heterocycles. The SMILES string of the molecule is COc1cc(/C=C2\SC(=S)N(c3ccc(Br)c(Cl)c3)C2=O)cc(Cl)c1O. The maximum absolute atomic E-state index is 12.8. The predicted molar refractivity (Wildman–Crippen MR) is 114 cm³/mol. The Hall–Kier alpha value is -1.25. The van der Waals surface area contributed by atoms with Gasteiger partial charge in [-0.1, -0.05) is 47.2 Å². The van der Waals surface area contributed by atoms with Crippen LogP contribution >= 0.6 is 63.1 Å². The number of thiocarbonyl (C=S) groups is 1. The highest BCUT2D eigenvalue weighted by Gasteiger charge is 2.33. The number of carbonyl (C=O) groups is 1. The van der Waals surface area contributed by atoms with Crippen molar-refractivity contribution in [3.05, 3.63) is 55.3 Å². The summed E-state index contributed by atoms with van der Waals surface area (Å²) in [4.78, 5) is 14.7. The molecule has 0 bridgehead atoms. The van der Waals surface area contributed by atoms with Crippen LogP contribution in [0.1, 0.15) is 5.56 Å². The molecule has 0 radical (unpaired) electrons. The highest BCUT2D eigenvalue weighted by molar-refractivity contribution is 9.10. The lowest BCUT2D eigenvalue weighted by atomic mass is 10.1. The number of thioether (sulfide) groups is 1. The number of phenolic OH excluding ortho intramolecular Hbond substituents is 1. The van der Waals surface area contributed by atoms with Crippen LogP contribution in [0, 0.1) is 0 Å². The van der Waals surface area contributed by atoms with E-state index in [9.17, 15) is 9.90 Å². The third-order valence-corrected chi connectivity index (χ3v) is 6.35. The minimum atomic E-state index is -0.262. The van der Waals surface area contributed by atoms with Gasteiger partial charge in [0.1, 0.15) is 0 Å². The maximum atomic E-state index is 12.8. The van der Waals surface area contributed by atoms with E-state index >= 15 is 0 Å². The molecule has 2 aromatic carbocycles. The monoisotopic (exact) mass is 489 g/mol. The van der Waals surface area contributed by atoms with Crippen molar-refractivity contribution in [1.82, 2.24) is 0 Å². The Morgan fingerprint density at radius 1 is 1.27 bits per heavy atom. The Morgan fingerprint density at radius 3 is 2.65 bits per heavy atom. The standard InChI is InChI=1S/C17H10BrCl2NO3S2/c1-24-13-5-8(4-12(20)15(13)22)6-14-16(23)21(17(25)26-14)9-2-3-10(18)11(19)7-9/h2-7,22H,1H3/b14-6-. The van der Waals surface area contributed by atoms with Gasteiger partial charge in [0.05, 0.1) is 27.7 Å². The topological polar surface area (TPSA) is 49.8 Å². The molecule has 3 rings (SSSR count). The second-order valence-electron chi connectivity index (χ2n) is 5.17. The minimum Gasteiger partial charge on any atom is -0.503 e. The van der Waals surface area contributed by atoms with E-state index in [2.05, 4.69) is 15.9 Å². The lowest BCUT2D eigenvalue weighted by molar-refractivity contribution is -0.113. The summed E-state index contributed by atoms with van der Waals surface area (Å²) < 4.78 is 6.21. The summed E-state index contributed by atoms with van der Waals surface area (Å²) >= 11 is 22.0. The molecule has 0 unspecified atom stereocenters. The van der Waals surface area contributed by atoms with Crippen molar-refractivity contribution < 1.29 is 14.6 Å². The van der Waals surface area contributed by atoms with Crippen LogP contribution in [-0.2, 0) is 4.79 Å². The predicted octanol–water partition coefficient (Wildman–Crippen LogP) is 5.88. The van der Waals surface area contributed by atoms with Gasteiger partial charge in [-0.2, -0.15) is 0 Å². The quantitative estimate of drug-likeness (QED) is 0.430. The fourth-order valence-electron chi connectivity index (χ4n) is 2.30. The number of carbonyl (C=O) groups excluding carboxylic acids is 1. The molecule has 1 saturated heterocycles. The van der Waals surface area contributed by atoms with Crippen LogP contribution < -0.4 is 9.64 Å². The van der Waals surface area contributed by atoms with Crippen molar-refractivity contribution in [1.29, 1.82) is 0 Å². The molecule has 1 heterocycles. The lowest BCUT2D eigenvalue weighted by Crippen LogP contribution is -2.27. The van der Waals surface area contributed by atoms with Crippen LogP contribution in [-0.4, -0.2) is 22.4 Å². The first kappa shape index (κ1) is 19.5. The molecular weight excluding hydrogens is 481 g/mol. The molecule has 0 aromatic heterocycles. The van der Waals surface area contributed by atoms with E-state index in [1.165, 1.54) is 23.8 Å². The Labute approximate surface area is 177 Å². The number of rotatable bonds is 3. The second kappa shape index (κ2) is 7.78. The van der Waals surface area contributed by atoms with Gasteiger partial charge in [-0.05, 0) is 57.9 Å². The summed E-state index contributed by atoms with van der Waals surface area (Å²) in [5, 5.41) is 10.4. The van der Waals surface area contributed by atoms with Crippen LogP contribution in [0.2, 0.25) is 10.0 Å². The number of benzene rings is 2. The first-order valence-corrected chi connectivity index (χ1v) is 9.88. The van der Waals surface area contributed by atoms with Crippen LogP contribution in [0.15, 0.2) is 39.7 Å². The smallest absolute Gasteiger partial charge is 0.270 e. The Morgan fingerprint density at radius 2 is 2.00 bits per heavy atom. The van der Waals surface area contributed by atoms with Gasteiger partial charge in [-0.25, -0.2) is 0 Å². The minimum absolute atomic E-state index is 0.130. The van der Waals surface area contributed by atoms with Gasteiger partial charge >= 0.3 is 0 Å². The van der Waals surface area contributed by atoms with Gasteiger partial charge < -0.3 is 9.84 Å². The molecule has 0 spiro atoms. The Bertz CT molecular complexity index is 965. The van der Waals surface area contributed by atoms with Crippen molar-refractivity contribution in [2.75, 3.05) is 12.0 Å². The fraction of sp³-hybridized carbons (Fsp3) is 0.0588. The summed E-state index contributed by atoms with van der Waals surface area (Å²) in [6.07, 6.45) is 1.65. The molecule has 1 aliphatic rings. The van der Waals surface area contributed by atoms with Gasteiger partial charge in [0.2, 0.25) is 0 Å². The van der Waals surface area contributed by atoms with Gasteiger partial charge in [0.15, 0.2) is 15.8 Å². The summed E-state index contributed by atoms with van der Waals surface area (Å²) in [7, 11) is 1.42. The summed E-state index contributed by atoms with van der Waals surface area (Å²) in [6.45, 7) is 0.